The highest BCUT2D eigenvalue weighted by atomic mass is 79.9. The average molecular weight is 1720 g/mol. The Morgan fingerprint density at radius 3 is 0.803 bits per heavy atom. The van der Waals surface area contributed by atoms with Gasteiger partial charge in [-0.1, -0.05) is 375 Å². The third kappa shape index (κ3) is 19.4. The van der Waals surface area contributed by atoms with Crippen molar-refractivity contribution in [2.24, 2.45) is 0 Å². The minimum atomic E-state index is -0.470. The molecule has 0 atom stereocenters. The Morgan fingerprint density at radius 2 is 0.436 bits per heavy atom. The summed E-state index contributed by atoms with van der Waals surface area (Å²) >= 11 is 9.38. The first kappa shape index (κ1) is 53.4. The molecule has 0 aliphatic rings. The van der Waals surface area contributed by atoms with Gasteiger partial charge in [-0.15, -0.1) is 0 Å². The van der Waals surface area contributed by atoms with E-state index in [4.69, 9.17) is 27.4 Å². The molecule has 0 fully saturated rings. The van der Waals surface area contributed by atoms with Gasteiger partial charge in [-0.3, -0.25) is 0 Å². The Morgan fingerprint density at radius 1 is 0.179 bits per heavy atom. The van der Waals surface area contributed by atoms with Crippen molar-refractivity contribution >= 4 is 132 Å². The third-order valence-electron chi connectivity index (χ3n) is 18.5. The molecule has 19 rings (SSSR count). The maximum Gasteiger partial charge on any atom is 0.0645 e. The Bertz CT molecular complexity index is 7690. The predicted molar refractivity (Wildman–Crippen MR) is 510 cm³/mol. The third-order valence-corrected chi connectivity index (χ3v) is 19.9. The first-order valence-electron chi connectivity index (χ1n) is 49.2. The lowest BCUT2D eigenvalue weighted by atomic mass is 9.99. The van der Waals surface area contributed by atoms with E-state index in [1.807, 2.05) is 237 Å². The van der Waals surface area contributed by atoms with Crippen LogP contribution < -0.4 is 20.0 Å². The molecule has 0 heterocycles. The molecule has 4 nitrogen and oxygen atoms in total. The highest BCUT2D eigenvalue weighted by molar-refractivity contribution is 9.11. The van der Waals surface area contributed by atoms with Gasteiger partial charge in [0, 0.05) is 81.1 Å². The number of hydrogen-bond donors (Lipinski definition) is 1. The Hall–Kier alpha value is -13.7. The van der Waals surface area contributed by atoms with Gasteiger partial charge in [0.2, 0.25) is 0 Å². The largest absolute Gasteiger partial charge is 0.355 e. The molecule has 117 heavy (non-hydrogen) atoms. The van der Waals surface area contributed by atoms with Crippen LogP contribution in [0.1, 0.15) is 32.9 Å². The number of anilines is 11. The van der Waals surface area contributed by atoms with Gasteiger partial charge in [0.05, 0.1) is 38.6 Å². The summed E-state index contributed by atoms with van der Waals surface area (Å²) in [4.78, 5) is 5.84. The van der Waals surface area contributed by atoms with E-state index in [2.05, 4.69) is 118 Å². The van der Waals surface area contributed by atoms with Crippen LogP contribution in [-0.2, 0) is 0 Å². The molecular formula is C110H81Br3N4. The first-order valence-corrected chi connectivity index (χ1v) is 39.5. The fraction of sp³-hybridized carbons (Fsp3) is 0. The van der Waals surface area contributed by atoms with E-state index in [0.29, 0.717) is 28.1 Å². The van der Waals surface area contributed by atoms with Crippen molar-refractivity contribution < 1.29 is 32.9 Å². The fourth-order valence-electron chi connectivity index (χ4n) is 12.9. The fourth-order valence-corrected chi connectivity index (χ4v) is 13.5. The minimum absolute atomic E-state index is 0.00156. The van der Waals surface area contributed by atoms with Gasteiger partial charge >= 0.3 is 0 Å². The summed E-state index contributed by atoms with van der Waals surface area (Å²) in [6.07, 6.45) is 0. The van der Waals surface area contributed by atoms with Gasteiger partial charge in [-0.05, 0) is 235 Å². The van der Waals surface area contributed by atoms with Gasteiger partial charge in [0.15, 0.2) is 0 Å². The van der Waals surface area contributed by atoms with E-state index in [0.717, 1.165) is 60.7 Å². The predicted octanol–water partition coefficient (Wildman–Crippen LogP) is 33.5. The molecule has 0 radical (unpaired) electrons. The van der Waals surface area contributed by atoms with Crippen LogP contribution in [0.2, 0.25) is 0 Å². The van der Waals surface area contributed by atoms with Crippen LogP contribution in [0.4, 0.5) is 62.6 Å². The number of rotatable bonds is 17. The molecule has 19 aromatic carbocycles. The quantitative estimate of drug-likeness (QED) is 0.0981. The number of nitrogens with one attached hydrogen (secondary N) is 1. The van der Waals surface area contributed by atoms with Gasteiger partial charge in [-0.2, -0.15) is 0 Å². The second kappa shape index (κ2) is 38.0. The second-order valence-corrected chi connectivity index (χ2v) is 28.7. The number of fused-ring (bicyclic) bond motifs is 2. The smallest absolute Gasteiger partial charge is 0.0645 e. The summed E-state index contributed by atoms with van der Waals surface area (Å²) in [5.41, 5.74) is 9.06. The molecule has 0 saturated carbocycles. The SMILES string of the molecule is [2H]c1c([2H])c(-c2c([2H])c([2H])c(-c3ccc(Br)cc3)c([2H])c2[2H])c([2H])c([2H])c1Br.[2H]c1c([2H])c(-c2c([2H])c([2H])c(-c3ccc(N(c4ccccc4)c4ccccc4)cc3)c([2H])c2[2H])c([2H])c([2H])c1Br.[2H]c1c([2H])c(-c2c([2H])c([2H])c(N(c3ccccc3)c3cccc4ccccc34)c([2H])c2[2H])c([2H])c([2H])c1-c1ccc(N(c2ccccc2)c2ccccc2)cc1.c1ccc(Nc2cccc3ccccc23)cc1. The zero-order chi connectivity index (χ0) is 100. The summed E-state index contributed by atoms with van der Waals surface area (Å²) in [6.45, 7) is 0. The van der Waals surface area contributed by atoms with Crippen LogP contribution in [0.5, 0.6) is 0 Å². The maximum absolute atomic E-state index is 9.31. The minimum Gasteiger partial charge on any atom is -0.355 e. The van der Waals surface area contributed by atoms with Crippen LogP contribution in [0.15, 0.2) is 498 Å². The van der Waals surface area contributed by atoms with Crippen molar-refractivity contribution in [3.05, 3.63) is 498 Å². The highest BCUT2D eigenvalue weighted by Gasteiger charge is 2.18. The Kier molecular flexibility index (Phi) is 17.3. The summed E-state index contributed by atoms with van der Waals surface area (Å²) < 4.78 is 208. The normalized spacial score (nSPS) is 13.6. The Balaban J connectivity index is 0.000000146. The summed E-state index contributed by atoms with van der Waals surface area (Å²) in [7, 11) is 0. The molecule has 0 aromatic heterocycles. The second-order valence-electron chi connectivity index (χ2n) is 26.2. The van der Waals surface area contributed by atoms with Crippen LogP contribution in [0.25, 0.3) is 88.3 Å². The van der Waals surface area contributed by atoms with E-state index in [1.54, 1.807) is 53.4 Å². The molecule has 0 saturated heterocycles. The van der Waals surface area contributed by atoms with Crippen LogP contribution in [-0.4, -0.2) is 0 Å². The van der Waals surface area contributed by atoms with E-state index < -0.39 is 72.5 Å². The molecule has 0 bridgehead atoms. The molecule has 0 spiro atoms. The molecule has 0 aliphatic heterocycles. The zero-order valence-electron chi connectivity index (χ0n) is 86.3. The standard InChI is InChI=1S/C46H34N2.C30H22BrN.C18H12Br2.C16H13N/c1-4-15-40(16-5-1)47(41-17-6-2-7-18-41)43-31-27-37(28-32-43)35-23-25-36(26-24-35)38-29-33-44(34-30-38)48(42-19-8-3-9-20-42)46-22-12-14-39-13-10-11-21-45(39)46;31-27-19-15-25(16-20-27)23-11-13-24(14-12-23)26-17-21-30(22-18-26)32(28-7-3-1-4-8-28)29-9-5-2-6-10-29;19-17-9-5-15(6-10-17)13-1-2-14(4-3-13)16-7-11-18(20)12-8-16;1-2-9-14(10-3-1)17-16-12-6-8-13-7-4-5-11-15(13)16/h1-34H;1-22H;1-12H;1-12,17H/i23D,24D,25D,26D,29D,30D,33D,34D;11D,12D,13D,14D,15D,16D,19D,20D;1D,2D,3D,4D,5D,6D,9D,10D;. The van der Waals surface area contributed by atoms with E-state index in [-0.39, 0.29) is 137 Å². The van der Waals surface area contributed by atoms with Crippen molar-refractivity contribution in [2.75, 3.05) is 20.0 Å². The molecule has 19 aromatic rings. The number of halogens is 3. The van der Waals surface area contributed by atoms with Gasteiger partial charge < -0.3 is 20.0 Å². The van der Waals surface area contributed by atoms with Crippen molar-refractivity contribution in [1.29, 1.82) is 0 Å². The van der Waals surface area contributed by atoms with Gasteiger partial charge in [0.25, 0.3) is 0 Å². The zero-order valence-corrected chi connectivity index (χ0v) is 67.1. The summed E-state index contributed by atoms with van der Waals surface area (Å²) in [6, 6.07) is 98.8. The average Bonchev–Trinajstić information content (AvgIpc) is 0.756. The van der Waals surface area contributed by atoms with Gasteiger partial charge in [-0.25, -0.2) is 0 Å². The lowest BCUT2D eigenvalue weighted by molar-refractivity contribution is 1.28. The van der Waals surface area contributed by atoms with Crippen LogP contribution >= 0.6 is 47.8 Å². The molecule has 7 heteroatoms. The summed E-state index contributed by atoms with van der Waals surface area (Å²) in [5, 5.41) is 7.73. The van der Waals surface area contributed by atoms with Crippen molar-refractivity contribution in [3.8, 4) is 66.8 Å². The molecule has 562 valence electrons. The van der Waals surface area contributed by atoms with E-state index in [1.165, 1.54) is 10.8 Å². The van der Waals surface area contributed by atoms with E-state index >= 15 is 0 Å². The van der Waals surface area contributed by atoms with E-state index in [9.17, 15) is 5.48 Å². The molecular weight excluding hydrogens is 1620 g/mol. The molecule has 1 N–H and O–H groups in total. The van der Waals surface area contributed by atoms with Crippen molar-refractivity contribution in [1.82, 2.24) is 0 Å². The lowest BCUT2D eigenvalue weighted by Crippen LogP contribution is -2.10. The number of benzene rings is 19. The lowest BCUT2D eigenvalue weighted by Gasteiger charge is -2.27. The highest BCUT2D eigenvalue weighted by Crippen LogP contribution is 2.42. The topological polar surface area (TPSA) is 21.8 Å². The van der Waals surface area contributed by atoms with Gasteiger partial charge in [0.1, 0.15) is 0 Å². The Labute approximate surface area is 745 Å². The van der Waals surface area contributed by atoms with Crippen LogP contribution in [0, 0.1) is 0 Å². The first-order chi connectivity index (χ1) is 67.8. The number of nitrogens with zero attached hydrogens (tertiary/aromatic N) is 3. The van der Waals surface area contributed by atoms with Crippen molar-refractivity contribution in [2.45, 2.75) is 0 Å². The van der Waals surface area contributed by atoms with Crippen molar-refractivity contribution in [3.63, 3.8) is 0 Å². The number of para-hydroxylation sites is 6. The monoisotopic (exact) mass is 1720 g/mol. The molecule has 0 aliphatic carbocycles. The van der Waals surface area contributed by atoms with Crippen LogP contribution in [0.3, 0.4) is 0 Å². The summed E-state index contributed by atoms with van der Waals surface area (Å²) in [5.74, 6) is 0. The maximum atomic E-state index is 9.31. The number of hydrogen-bond acceptors (Lipinski definition) is 4. The molecule has 0 unspecified atom stereocenters. The molecule has 0 amide bonds.